The number of nitrogens with zero attached hydrogens (tertiary/aromatic N) is 1. The third-order valence-electron chi connectivity index (χ3n) is 5.54. The van der Waals surface area contributed by atoms with Crippen LogP contribution in [0.4, 0.5) is 0 Å². The summed E-state index contributed by atoms with van der Waals surface area (Å²) in [5.41, 5.74) is 0.465. The summed E-state index contributed by atoms with van der Waals surface area (Å²) in [6, 6.07) is 0.783. The largest absolute Gasteiger partial charge is 0.310 e. The van der Waals surface area contributed by atoms with Crippen molar-refractivity contribution in [1.82, 2.24) is 10.2 Å². The van der Waals surface area contributed by atoms with E-state index in [4.69, 9.17) is 0 Å². The van der Waals surface area contributed by atoms with Gasteiger partial charge in [-0.1, -0.05) is 51.9 Å². The van der Waals surface area contributed by atoms with Gasteiger partial charge in [-0.2, -0.15) is 0 Å². The van der Waals surface area contributed by atoms with Crippen molar-refractivity contribution in [2.45, 2.75) is 96.1 Å². The molecule has 0 radical (unpaired) electrons. The zero-order chi connectivity index (χ0) is 14.3. The quantitative estimate of drug-likeness (QED) is 0.728. The topological polar surface area (TPSA) is 15.3 Å². The van der Waals surface area contributed by atoms with E-state index in [2.05, 4.69) is 24.1 Å². The van der Waals surface area contributed by atoms with Crippen LogP contribution in [0.2, 0.25) is 0 Å². The molecule has 1 N–H and O–H groups in total. The Morgan fingerprint density at radius 3 is 2.60 bits per heavy atom. The molecule has 1 atom stereocenters. The van der Waals surface area contributed by atoms with E-state index in [9.17, 15) is 0 Å². The highest BCUT2D eigenvalue weighted by Crippen LogP contribution is 2.31. The Labute approximate surface area is 126 Å². The highest BCUT2D eigenvalue weighted by atomic mass is 15.2. The van der Waals surface area contributed by atoms with Crippen LogP contribution in [0, 0.1) is 0 Å². The summed E-state index contributed by atoms with van der Waals surface area (Å²) in [5, 5.41) is 3.92. The van der Waals surface area contributed by atoms with Crippen LogP contribution >= 0.6 is 0 Å². The van der Waals surface area contributed by atoms with E-state index in [-0.39, 0.29) is 0 Å². The third-order valence-corrected chi connectivity index (χ3v) is 5.54. The van der Waals surface area contributed by atoms with Crippen LogP contribution in [0.1, 0.15) is 84.5 Å². The number of hydrogen-bond donors (Lipinski definition) is 1. The Balaban J connectivity index is 1.82. The summed E-state index contributed by atoms with van der Waals surface area (Å²) >= 11 is 0. The van der Waals surface area contributed by atoms with Crippen molar-refractivity contribution in [3.05, 3.63) is 0 Å². The molecule has 0 amide bonds. The fourth-order valence-electron chi connectivity index (χ4n) is 4.15. The second-order valence-corrected chi connectivity index (χ2v) is 7.29. The van der Waals surface area contributed by atoms with Crippen molar-refractivity contribution >= 4 is 0 Å². The maximum absolute atomic E-state index is 3.92. The lowest BCUT2D eigenvalue weighted by atomic mass is 9.81. The molecule has 0 aromatic carbocycles. The molecule has 2 nitrogen and oxygen atoms in total. The lowest BCUT2D eigenvalue weighted by molar-refractivity contribution is 0.128. The third kappa shape index (κ3) is 4.73. The molecular formula is C18H36N2. The molecule has 1 saturated heterocycles. The molecule has 118 valence electrons. The monoisotopic (exact) mass is 280 g/mol. The van der Waals surface area contributed by atoms with Gasteiger partial charge in [-0.05, 0) is 45.7 Å². The smallest absolute Gasteiger partial charge is 0.0308 e. The first-order valence-electron chi connectivity index (χ1n) is 9.25. The van der Waals surface area contributed by atoms with Gasteiger partial charge in [0.2, 0.25) is 0 Å². The van der Waals surface area contributed by atoms with Crippen LogP contribution in [0.15, 0.2) is 0 Å². The fourth-order valence-corrected chi connectivity index (χ4v) is 4.15. The molecule has 1 saturated carbocycles. The van der Waals surface area contributed by atoms with E-state index in [1.165, 1.54) is 90.3 Å². The van der Waals surface area contributed by atoms with Gasteiger partial charge in [0.05, 0.1) is 0 Å². The lowest BCUT2D eigenvalue weighted by Gasteiger charge is -2.41. The summed E-state index contributed by atoms with van der Waals surface area (Å²) in [4.78, 5) is 2.80. The molecule has 1 heterocycles. The predicted molar refractivity (Wildman–Crippen MR) is 88.2 cm³/mol. The summed E-state index contributed by atoms with van der Waals surface area (Å²) in [6.45, 7) is 8.62. The molecule has 2 rings (SSSR count). The lowest BCUT2D eigenvalue weighted by Crippen LogP contribution is -2.54. The van der Waals surface area contributed by atoms with Gasteiger partial charge in [-0.3, -0.25) is 4.90 Å². The molecule has 1 spiro atoms. The van der Waals surface area contributed by atoms with Gasteiger partial charge in [0.15, 0.2) is 0 Å². The first kappa shape index (κ1) is 16.3. The van der Waals surface area contributed by atoms with E-state index < -0.39 is 0 Å². The minimum atomic E-state index is 0.465. The fraction of sp³-hybridized carbons (Fsp3) is 1.00. The molecule has 1 aliphatic heterocycles. The maximum Gasteiger partial charge on any atom is 0.0308 e. The van der Waals surface area contributed by atoms with Crippen molar-refractivity contribution in [1.29, 1.82) is 0 Å². The molecule has 0 aromatic rings. The maximum atomic E-state index is 3.92. The average Bonchev–Trinajstić information content (AvgIpc) is 2.67. The Kier molecular flexibility index (Phi) is 6.83. The van der Waals surface area contributed by atoms with Gasteiger partial charge in [-0.25, -0.2) is 0 Å². The highest BCUT2D eigenvalue weighted by Gasteiger charge is 2.35. The van der Waals surface area contributed by atoms with E-state index in [0.29, 0.717) is 5.54 Å². The van der Waals surface area contributed by atoms with Crippen molar-refractivity contribution < 1.29 is 0 Å². The van der Waals surface area contributed by atoms with Gasteiger partial charge in [0.25, 0.3) is 0 Å². The van der Waals surface area contributed by atoms with Crippen LogP contribution < -0.4 is 5.32 Å². The molecule has 2 aliphatic rings. The Hall–Kier alpha value is -0.0800. The second kappa shape index (κ2) is 8.38. The summed E-state index contributed by atoms with van der Waals surface area (Å²) in [5.74, 6) is 0. The van der Waals surface area contributed by atoms with Crippen molar-refractivity contribution in [2.24, 2.45) is 0 Å². The predicted octanol–water partition coefficient (Wildman–Crippen LogP) is 4.34. The number of hydrogen-bond acceptors (Lipinski definition) is 2. The van der Waals surface area contributed by atoms with Crippen LogP contribution in [0.5, 0.6) is 0 Å². The van der Waals surface area contributed by atoms with E-state index in [1.54, 1.807) is 0 Å². The average molecular weight is 280 g/mol. The van der Waals surface area contributed by atoms with Crippen LogP contribution in [0.25, 0.3) is 0 Å². The first-order chi connectivity index (χ1) is 9.76. The number of nitrogens with one attached hydrogen (secondary N) is 1. The minimum Gasteiger partial charge on any atom is -0.310 e. The summed E-state index contributed by atoms with van der Waals surface area (Å²) in [7, 11) is 0. The zero-order valence-corrected chi connectivity index (χ0v) is 13.9. The normalized spacial score (nSPS) is 25.5. The van der Waals surface area contributed by atoms with Gasteiger partial charge in [0.1, 0.15) is 0 Å². The van der Waals surface area contributed by atoms with E-state index >= 15 is 0 Å². The van der Waals surface area contributed by atoms with Gasteiger partial charge < -0.3 is 5.32 Å². The molecule has 1 unspecified atom stereocenters. The standard InChI is InChI=1S/C18H36N2/c1-3-4-5-7-11-17(2)20-15-10-14-19-18(16-20)12-8-6-9-13-18/h17,19H,3-16H2,1-2H3. The Morgan fingerprint density at radius 1 is 1.05 bits per heavy atom. The number of unbranched alkanes of at least 4 members (excludes halogenated alkanes) is 3. The van der Waals surface area contributed by atoms with Crippen molar-refractivity contribution in [3.63, 3.8) is 0 Å². The van der Waals surface area contributed by atoms with Crippen LogP contribution in [0.3, 0.4) is 0 Å². The molecule has 2 heteroatoms. The Bertz CT molecular complexity index is 258. The zero-order valence-electron chi connectivity index (χ0n) is 13.9. The van der Waals surface area contributed by atoms with E-state index in [1.807, 2.05) is 0 Å². The van der Waals surface area contributed by atoms with Crippen LogP contribution in [-0.4, -0.2) is 36.1 Å². The summed E-state index contributed by atoms with van der Waals surface area (Å²) in [6.07, 6.45) is 15.5. The first-order valence-corrected chi connectivity index (χ1v) is 9.25. The van der Waals surface area contributed by atoms with Crippen molar-refractivity contribution in [2.75, 3.05) is 19.6 Å². The van der Waals surface area contributed by atoms with E-state index in [0.717, 1.165) is 6.04 Å². The second-order valence-electron chi connectivity index (χ2n) is 7.29. The number of rotatable bonds is 6. The van der Waals surface area contributed by atoms with Gasteiger partial charge >= 0.3 is 0 Å². The van der Waals surface area contributed by atoms with Gasteiger partial charge in [0, 0.05) is 18.1 Å². The molecular weight excluding hydrogens is 244 g/mol. The molecule has 0 aromatic heterocycles. The van der Waals surface area contributed by atoms with Crippen molar-refractivity contribution in [3.8, 4) is 0 Å². The SMILES string of the molecule is CCCCCCC(C)N1CCCNC2(CCCCC2)C1. The van der Waals surface area contributed by atoms with Gasteiger partial charge in [-0.15, -0.1) is 0 Å². The highest BCUT2D eigenvalue weighted by molar-refractivity contribution is 4.96. The Morgan fingerprint density at radius 2 is 1.85 bits per heavy atom. The molecule has 1 aliphatic carbocycles. The molecule has 0 bridgehead atoms. The molecule has 20 heavy (non-hydrogen) atoms. The summed E-state index contributed by atoms with van der Waals surface area (Å²) < 4.78 is 0. The molecule has 2 fully saturated rings. The van der Waals surface area contributed by atoms with Crippen LogP contribution in [-0.2, 0) is 0 Å². The minimum absolute atomic E-state index is 0.465.